The number of hydrogen-bond acceptors (Lipinski definition) is 2. The summed E-state index contributed by atoms with van der Waals surface area (Å²) in [5.41, 5.74) is 4.80. The van der Waals surface area contributed by atoms with E-state index in [0.29, 0.717) is 0 Å². The number of nitrogens with one attached hydrogen (secondary N) is 1. The molecule has 0 atom stereocenters. The molecule has 1 N–H and O–H groups in total. The van der Waals surface area contributed by atoms with Gasteiger partial charge in [-0.25, -0.2) is 0 Å². The Hall–Kier alpha value is -0.540. The Bertz CT molecular complexity index is 388. The summed E-state index contributed by atoms with van der Waals surface area (Å²) in [4.78, 5) is 0. The predicted octanol–water partition coefficient (Wildman–Crippen LogP) is 3.53. The molecule has 0 aliphatic heterocycles. The number of ether oxygens (including phenoxy) is 1. The van der Waals surface area contributed by atoms with Crippen LogP contribution in [-0.2, 0) is 5.41 Å². The molecule has 1 aromatic rings. The van der Waals surface area contributed by atoms with Gasteiger partial charge in [0, 0.05) is 12.0 Å². The van der Waals surface area contributed by atoms with Crippen molar-refractivity contribution in [3.63, 3.8) is 0 Å². The van der Waals surface area contributed by atoms with Gasteiger partial charge < -0.3 is 10.1 Å². The molecule has 3 heteroatoms. The van der Waals surface area contributed by atoms with Gasteiger partial charge in [-0.1, -0.05) is 35.8 Å². The fourth-order valence-corrected chi connectivity index (χ4v) is 2.39. The molecule has 0 aliphatic rings. The molecule has 0 unspecified atom stereocenters. The van der Waals surface area contributed by atoms with E-state index in [2.05, 4.69) is 61.1 Å². The van der Waals surface area contributed by atoms with Crippen molar-refractivity contribution >= 4 is 15.9 Å². The summed E-state index contributed by atoms with van der Waals surface area (Å²) in [6, 6.07) is 4.37. The highest BCUT2D eigenvalue weighted by Gasteiger charge is 2.23. The van der Waals surface area contributed by atoms with Crippen LogP contribution in [-0.4, -0.2) is 19.1 Å². The molecule has 0 saturated carbocycles. The van der Waals surface area contributed by atoms with Crippen molar-refractivity contribution < 1.29 is 4.74 Å². The van der Waals surface area contributed by atoms with Crippen molar-refractivity contribution in [3.05, 3.63) is 28.8 Å². The minimum atomic E-state index is 0.120. The van der Waals surface area contributed by atoms with E-state index in [9.17, 15) is 0 Å². The van der Waals surface area contributed by atoms with Crippen molar-refractivity contribution in [2.75, 3.05) is 19.1 Å². The lowest BCUT2D eigenvalue weighted by molar-refractivity contribution is 0.410. The lowest BCUT2D eigenvalue weighted by Gasteiger charge is -2.28. The third-order valence-corrected chi connectivity index (χ3v) is 3.53. The van der Waals surface area contributed by atoms with Gasteiger partial charge in [0.2, 0.25) is 0 Å². The first-order valence-electron chi connectivity index (χ1n) is 5.84. The largest absolute Gasteiger partial charge is 0.496 e. The number of benzene rings is 1. The second-order valence-electron chi connectivity index (χ2n) is 5.08. The van der Waals surface area contributed by atoms with E-state index in [4.69, 9.17) is 4.74 Å². The highest BCUT2D eigenvalue weighted by molar-refractivity contribution is 9.09. The van der Waals surface area contributed by atoms with Crippen LogP contribution in [0.5, 0.6) is 5.75 Å². The third-order valence-electron chi connectivity index (χ3n) is 3.13. The van der Waals surface area contributed by atoms with Gasteiger partial charge in [-0.2, -0.15) is 0 Å². The van der Waals surface area contributed by atoms with Crippen LogP contribution in [0.2, 0.25) is 0 Å². The first-order valence-corrected chi connectivity index (χ1v) is 6.97. The van der Waals surface area contributed by atoms with Crippen molar-refractivity contribution in [3.8, 4) is 5.75 Å². The lowest BCUT2D eigenvalue weighted by Crippen LogP contribution is -2.33. The zero-order valence-corrected chi connectivity index (χ0v) is 12.9. The molecule has 96 valence electrons. The third kappa shape index (κ3) is 3.46. The SMILES string of the molecule is COc1cc(C)c(C(C)(C)CNCBr)cc1C. The number of alkyl halides is 1. The highest BCUT2D eigenvalue weighted by atomic mass is 79.9. The van der Waals surface area contributed by atoms with Crippen molar-refractivity contribution in [1.82, 2.24) is 5.32 Å². The number of methoxy groups -OCH3 is 1. The fraction of sp³-hybridized carbons (Fsp3) is 0.571. The zero-order chi connectivity index (χ0) is 13.1. The number of rotatable bonds is 5. The maximum absolute atomic E-state index is 5.35. The van der Waals surface area contributed by atoms with Gasteiger partial charge in [0.1, 0.15) is 5.75 Å². The Morgan fingerprint density at radius 1 is 1.24 bits per heavy atom. The van der Waals surface area contributed by atoms with E-state index in [1.807, 2.05) is 0 Å². The zero-order valence-electron chi connectivity index (χ0n) is 11.4. The van der Waals surface area contributed by atoms with Crippen LogP contribution in [0.4, 0.5) is 0 Å². The van der Waals surface area contributed by atoms with E-state index >= 15 is 0 Å². The van der Waals surface area contributed by atoms with Gasteiger partial charge >= 0.3 is 0 Å². The van der Waals surface area contributed by atoms with Crippen LogP contribution in [0.3, 0.4) is 0 Å². The molecule has 1 rings (SSSR count). The van der Waals surface area contributed by atoms with E-state index in [0.717, 1.165) is 17.7 Å². The molecule has 0 fully saturated rings. The standard InChI is InChI=1S/C14H22BrNO/c1-10-7-13(17-5)11(2)6-12(10)14(3,4)8-16-9-15/h6-7,16H,8-9H2,1-5H3. The summed E-state index contributed by atoms with van der Waals surface area (Å²) in [6.07, 6.45) is 0. The van der Waals surface area contributed by atoms with Crippen molar-refractivity contribution in [1.29, 1.82) is 0 Å². The lowest BCUT2D eigenvalue weighted by atomic mass is 9.81. The first-order chi connectivity index (χ1) is 7.92. The molecule has 17 heavy (non-hydrogen) atoms. The van der Waals surface area contributed by atoms with E-state index < -0.39 is 0 Å². The Morgan fingerprint density at radius 3 is 2.41 bits per heavy atom. The van der Waals surface area contributed by atoms with Gasteiger partial charge in [0.25, 0.3) is 0 Å². The van der Waals surface area contributed by atoms with Crippen LogP contribution >= 0.6 is 15.9 Å². The average molecular weight is 300 g/mol. The van der Waals surface area contributed by atoms with Gasteiger partial charge in [-0.3, -0.25) is 0 Å². The molecule has 0 heterocycles. The second-order valence-corrected chi connectivity index (χ2v) is 5.64. The Morgan fingerprint density at radius 2 is 1.88 bits per heavy atom. The van der Waals surface area contributed by atoms with Gasteiger partial charge in [-0.05, 0) is 36.6 Å². The average Bonchev–Trinajstić information content (AvgIpc) is 2.28. The Labute approximate surface area is 113 Å². The fourth-order valence-electron chi connectivity index (χ4n) is 2.19. The molecule has 0 saturated heterocycles. The first kappa shape index (κ1) is 14.5. The monoisotopic (exact) mass is 299 g/mol. The molecule has 1 aromatic carbocycles. The topological polar surface area (TPSA) is 21.3 Å². The number of halogens is 1. The van der Waals surface area contributed by atoms with Crippen molar-refractivity contribution in [2.24, 2.45) is 0 Å². The summed E-state index contributed by atoms with van der Waals surface area (Å²) < 4.78 is 5.35. The molecule has 0 bridgehead atoms. The van der Waals surface area contributed by atoms with Crippen LogP contribution in [0, 0.1) is 13.8 Å². The molecule has 0 spiro atoms. The predicted molar refractivity (Wildman–Crippen MR) is 77.3 cm³/mol. The second kappa shape index (κ2) is 5.87. The van der Waals surface area contributed by atoms with Gasteiger partial charge in [-0.15, -0.1) is 0 Å². The minimum Gasteiger partial charge on any atom is -0.496 e. The van der Waals surface area contributed by atoms with E-state index in [-0.39, 0.29) is 5.41 Å². The molecule has 0 amide bonds. The normalized spacial score (nSPS) is 11.6. The number of aryl methyl sites for hydroxylation is 2. The van der Waals surface area contributed by atoms with Crippen LogP contribution in [0.1, 0.15) is 30.5 Å². The summed E-state index contributed by atoms with van der Waals surface area (Å²) in [6.45, 7) is 9.71. The van der Waals surface area contributed by atoms with Gasteiger partial charge in [0.15, 0.2) is 0 Å². The molecular weight excluding hydrogens is 278 g/mol. The molecule has 0 aliphatic carbocycles. The van der Waals surface area contributed by atoms with E-state index in [1.54, 1.807) is 7.11 Å². The molecule has 0 radical (unpaired) electrons. The smallest absolute Gasteiger partial charge is 0.122 e. The summed E-state index contributed by atoms with van der Waals surface area (Å²) in [5, 5.41) is 3.35. The highest BCUT2D eigenvalue weighted by Crippen LogP contribution is 2.31. The molecule has 0 aromatic heterocycles. The molecular formula is C14H22BrNO. The summed E-state index contributed by atoms with van der Waals surface area (Å²) in [7, 11) is 1.72. The quantitative estimate of drug-likeness (QED) is 0.663. The van der Waals surface area contributed by atoms with Crippen LogP contribution < -0.4 is 10.1 Å². The minimum absolute atomic E-state index is 0.120. The van der Waals surface area contributed by atoms with Gasteiger partial charge in [0.05, 0.1) is 12.6 Å². The van der Waals surface area contributed by atoms with Crippen LogP contribution in [0.25, 0.3) is 0 Å². The maximum atomic E-state index is 5.35. The van der Waals surface area contributed by atoms with Crippen molar-refractivity contribution in [2.45, 2.75) is 33.1 Å². The van der Waals surface area contributed by atoms with Crippen LogP contribution in [0.15, 0.2) is 12.1 Å². The molecule has 2 nitrogen and oxygen atoms in total. The van der Waals surface area contributed by atoms with E-state index in [1.165, 1.54) is 16.7 Å². The number of hydrogen-bond donors (Lipinski definition) is 1. The Kier molecular flexibility index (Phi) is 5.02. The summed E-state index contributed by atoms with van der Waals surface area (Å²) in [5.74, 6) is 0.968. The summed E-state index contributed by atoms with van der Waals surface area (Å²) >= 11 is 3.40. The maximum Gasteiger partial charge on any atom is 0.122 e. The Balaban J connectivity index is 3.09.